The summed E-state index contributed by atoms with van der Waals surface area (Å²) < 4.78 is 0. The molecule has 4 nitrogen and oxygen atoms in total. The van der Waals surface area contributed by atoms with Crippen molar-refractivity contribution < 1.29 is 4.79 Å². The van der Waals surface area contributed by atoms with Crippen LogP contribution in [0.3, 0.4) is 0 Å². The quantitative estimate of drug-likeness (QED) is 0.751. The van der Waals surface area contributed by atoms with Gasteiger partial charge < -0.3 is 11.5 Å². The number of rotatable bonds is 2. The van der Waals surface area contributed by atoms with E-state index in [-0.39, 0.29) is 0 Å². The molecular formula is C10H9N3OS. The number of hydrogen-bond donors (Lipinski definition) is 2. The fraction of sp³-hybridized carbons (Fsp3) is 0. The fourth-order valence-corrected chi connectivity index (χ4v) is 1.91. The maximum Gasteiger partial charge on any atom is 0.277 e. The van der Waals surface area contributed by atoms with Crippen LogP contribution in [0.2, 0.25) is 0 Å². The Bertz CT molecular complexity index is 507. The molecular weight excluding hydrogens is 210 g/mol. The first-order chi connectivity index (χ1) is 7.18. The first-order valence-corrected chi connectivity index (χ1v) is 5.16. The van der Waals surface area contributed by atoms with Gasteiger partial charge in [0.25, 0.3) is 5.91 Å². The first kappa shape index (κ1) is 9.67. The smallest absolute Gasteiger partial charge is 0.277 e. The van der Waals surface area contributed by atoms with Crippen molar-refractivity contribution in [2.45, 2.75) is 0 Å². The topological polar surface area (TPSA) is 82.0 Å². The number of nitrogen functional groups attached to an aromatic ring is 1. The number of thiazole rings is 1. The third kappa shape index (κ3) is 1.82. The molecule has 0 spiro atoms. The van der Waals surface area contributed by atoms with Crippen LogP contribution in [0.1, 0.15) is 9.80 Å². The highest BCUT2D eigenvalue weighted by molar-refractivity contribution is 7.12. The number of carbonyl (C=O) groups is 1. The Kier molecular flexibility index (Phi) is 2.39. The Morgan fingerprint density at radius 1 is 1.33 bits per heavy atom. The summed E-state index contributed by atoms with van der Waals surface area (Å²) in [5, 5.41) is 2.07. The number of para-hydroxylation sites is 1. The molecule has 0 saturated carbocycles. The third-order valence-electron chi connectivity index (χ3n) is 1.95. The third-order valence-corrected chi connectivity index (χ3v) is 2.81. The highest BCUT2D eigenvalue weighted by Gasteiger charge is 2.09. The minimum absolute atomic E-state index is 0.299. The second-order valence-electron chi connectivity index (χ2n) is 2.99. The summed E-state index contributed by atoms with van der Waals surface area (Å²) in [6.45, 7) is 0. The van der Waals surface area contributed by atoms with E-state index in [4.69, 9.17) is 11.5 Å². The van der Waals surface area contributed by atoms with E-state index in [1.807, 2.05) is 18.2 Å². The molecule has 1 aromatic heterocycles. The van der Waals surface area contributed by atoms with Crippen LogP contribution in [-0.2, 0) is 0 Å². The molecule has 15 heavy (non-hydrogen) atoms. The lowest BCUT2D eigenvalue weighted by Gasteiger charge is -2.00. The standard InChI is InChI=1S/C10H9N3OS/c11-7-4-2-1-3-6(7)8-5-15-10(13-8)9(12)14/h1-5H,11H2,(H2,12,14). The van der Waals surface area contributed by atoms with E-state index in [1.54, 1.807) is 11.4 Å². The molecule has 76 valence electrons. The van der Waals surface area contributed by atoms with Crippen molar-refractivity contribution in [1.82, 2.24) is 4.98 Å². The molecule has 5 heteroatoms. The molecule has 0 unspecified atom stereocenters. The molecule has 0 bridgehead atoms. The van der Waals surface area contributed by atoms with Crippen LogP contribution in [0.5, 0.6) is 0 Å². The molecule has 0 fully saturated rings. The highest BCUT2D eigenvalue weighted by atomic mass is 32.1. The van der Waals surface area contributed by atoms with E-state index in [0.717, 1.165) is 5.56 Å². The van der Waals surface area contributed by atoms with E-state index in [2.05, 4.69) is 4.98 Å². The van der Waals surface area contributed by atoms with E-state index < -0.39 is 5.91 Å². The summed E-state index contributed by atoms with van der Waals surface area (Å²) in [6, 6.07) is 7.36. The van der Waals surface area contributed by atoms with Gasteiger partial charge in [0.1, 0.15) is 0 Å². The zero-order valence-corrected chi connectivity index (χ0v) is 8.62. The Labute approximate surface area is 90.6 Å². The second kappa shape index (κ2) is 3.70. The van der Waals surface area contributed by atoms with Crippen molar-refractivity contribution in [3.63, 3.8) is 0 Å². The number of nitrogens with two attached hydrogens (primary N) is 2. The van der Waals surface area contributed by atoms with E-state index in [9.17, 15) is 4.79 Å². The predicted octanol–water partition coefficient (Wildman–Crippen LogP) is 1.49. The molecule has 0 atom stereocenters. The second-order valence-corrected chi connectivity index (χ2v) is 3.85. The summed E-state index contributed by atoms with van der Waals surface area (Å²) in [5.74, 6) is -0.513. The van der Waals surface area contributed by atoms with Gasteiger partial charge in [-0.3, -0.25) is 4.79 Å². The summed E-state index contributed by atoms with van der Waals surface area (Å²) >= 11 is 1.22. The minimum atomic E-state index is -0.513. The average molecular weight is 219 g/mol. The van der Waals surface area contributed by atoms with E-state index in [1.165, 1.54) is 11.3 Å². The zero-order valence-electron chi connectivity index (χ0n) is 7.81. The number of amides is 1. The number of primary amides is 1. The van der Waals surface area contributed by atoms with E-state index in [0.29, 0.717) is 16.4 Å². The molecule has 1 amide bonds. The summed E-state index contributed by atoms with van der Waals surface area (Å²) in [7, 11) is 0. The normalized spacial score (nSPS) is 10.1. The monoisotopic (exact) mass is 219 g/mol. The average Bonchev–Trinajstić information content (AvgIpc) is 2.67. The van der Waals surface area contributed by atoms with Crippen LogP contribution >= 0.6 is 11.3 Å². The van der Waals surface area contributed by atoms with Crippen LogP contribution in [-0.4, -0.2) is 10.9 Å². The zero-order chi connectivity index (χ0) is 10.8. The van der Waals surface area contributed by atoms with Crippen LogP contribution in [0.25, 0.3) is 11.3 Å². The van der Waals surface area contributed by atoms with Crippen LogP contribution in [0.4, 0.5) is 5.69 Å². The SMILES string of the molecule is NC(=O)c1nc(-c2ccccc2N)cs1. The van der Waals surface area contributed by atoms with Crippen LogP contribution in [0.15, 0.2) is 29.6 Å². The van der Waals surface area contributed by atoms with Crippen molar-refractivity contribution in [2.75, 3.05) is 5.73 Å². The van der Waals surface area contributed by atoms with Gasteiger partial charge in [-0.2, -0.15) is 0 Å². The number of anilines is 1. The van der Waals surface area contributed by atoms with Gasteiger partial charge in [0.05, 0.1) is 5.69 Å². The lowest BCUT2D eigenvalue weighted by Crippen LogP contribution is -2.10. The number of aromatic nitrogens is 1. The molecule has 0 aliphatic heterocycles. The van der Waals surface area contributed by atoms with Gasteiger partial charge in [-0.1, -0.05) is 18.2 Å². The molecule has 4 N–H and O–H groups in total. The van der Waals surface area contributed by atoms with Crippen molar-refractivity contribution in [2.24, 2.45) is 5.73 Å². The predicted molar refractivity (Wildman–Crippen MR) is 60.5 cm³/mol. The molecule has 0 saturated heterocycles. The van der Waals surface area contributed by atoms with Gasteiger partial charge in [0.15, 0.2) is 5.01 Å². The van der Waals surface area contributed by atoms with Gasteiger partial charge in [-0.25, -0.2) is 4.98 Å². The first-order valence-electron chi connectivity index (χ1n) is 4.28. The lowest BCUT2D eigenvalue weighted by molar-refractivity contribution is 0.1000. The number of hydrogen-bond acceptors (Lipinski definition) is 4. The number of benzene rings is 1. The van der Waals surface area contributed by atoms with Crippen molar-refractivity contribution in [3.8, 4) is 11.3 Å². The fourth-order valence-electron chi connectivity index (χ4n) is 1.24. The van der Waals surface area contributed by atoms with Gasteiger partial charge in [-0.15, -0.1) is 11.3 Å². The molecule has 2 aromatic rings. The Hall–Kier alpha value is -1.88. The van der Waals surface area contributed by atoms with Crippen molar-refractivity contribution in [1.29, 1.82) is 0 Å². The van der Waals surface area contributed by atoms with Crippen molar-refractivity contribution in [3.05, 3.63) is 34.7 Å². The van der Waals surface area contributed by atoms with Gasteiger partial charge in [0, 0.05) is 16.6 Å². The minimum Gasteiger partial charge on any atom is -0.398 e. The maximum absolute atomic E-state index is 10.9. The molecule has 1 aromatic carbocycles. The summed E-state index contributed by atoms with van der Waals surface area (Å²) in [5.41, 5.74) is 13.1. The van der Waals surface area contributed by atoms with Crippen LogP contribution in [0, 0.1) is 0 Å². The van der Waals surface area contributed by atoms with Gasteiger partial charge in [0.2, 0.25) is 0 Å². The van der Waals surface area contributed by atoms with Crippen LogP contribution < -0.4 is 11.5 Å². The number of nitrogens with zero attached hydrogens (tertiary/aromatic N) is 1. The van der Waals surface area contributed by atoms with E-state index >= 15 is 0 Å². The molecule has 0 aliphatic rings. The molecule has 0 radical (unpaired) electrons. The van der Waals surface area contributed by atoms with Crippen molar-refractivity contribution >= 4 is 22.9 Å². The summed E-state index contributed by atoms with van der Waals surface area (Å²) in [4.78, 5) is 15.0. The molecule has 0 aliphatic carbocycles. The maximum atomic E-state index is 10.9. The summed E-state index contributed by atoms with van der Waals surface area (Å²) in [6.07, 6.45) is 0. The Balaban J connectivity index is 2.46. The van der Waals surface area contributed by atoms with Gasteiger partial charge in [-0.05, 0) is 6.07 Å². The molecule has 2 rings (SSSR count). The van der Waals surface area contributed by atoms with Gasteiger partial charge >= 0.3 is 0 Å². The largest absolute Gasteiger partial charge is 0.398 e. The lowest BCUT2D eigenvalue weighted by atomic mass is 10.1. The molecule has 1 heterocycles. The Morgan fingerprint density at radius 3 is 2.67 bits per heavy atom. The Morgan fingerprint density at radius 2 is 2.07 bits per heavy atom. The highest BCUT2D eigenvalue weighted by Crippen LogP contribution is 2.26. The number of carbonyl (C=O) groups excluding carboxylic acids is 1.